The van der Waals surface area contributed by atoms with Gasteiger partial charge in [-0.2, -0.15) is 0 Å². The number of rotatable bonds is 4. The van der Waals surface area contributed by atoms with Gasteiger partial charge in [-0.15, -0.1) is 0 Å². The molecule has 1 N–H and O–H groups in total. The third-order valence-corrected chi connectivity index (χ3v) is 4.52. The molecule has 4 rings (SSSR count). The molecule has 2 fully saturated rings. The molecule has 126 valence electrons. The Bertz CT molecular complexity index is 712. The summed E-state index contributed by atoms with van der Waals surface area (Å²) < 4.78 is 11.6. The minimum atomic E-state index is 0.211. The van der Waals surface area contributed by atoms with Crippen molar-refractivity contribution in [2.24, 2.45) is 0 Å². The molecule has 4 heterocycles. The minimum Gasteiger partial charge on any atom is -0.470 e. The molecule has 0 atom stereocenters. The minimum absolute atomic E-state index is 0.211. The lowest BCUT2D eigenvalue weighted by Crippen LogP contribution is -2.50. The lowest BCUT2D eigenvalue weighted by molar-refractivity contribution is 0.119. The van der Waals surface area contributed by atoms with E-state index in [4.69, 9.17) is 9.47 Å². The summed E-state index contributed by atoms with van der Waals surface area (Å²) in [4.78, 5) is 11.3. The lowest BCUT2D eigenvalue weighted by Gasteiger charge is -2.33. The van der Waals surface area contributed by atoms with Crippen molar-refractivity contribution >= 4 is 5.69 Å². The van der Waals surface area contributed by atoms with Crippen LogP contribution in [-0.4, -0.2) is 55.5 Å². The van der Waals surface area contributed by atoms with Crippen molar-refractivity contribution < 1.29 is 9.47 Å². The second kappa shape index (κ2) is 6.75. The largest absolute Gasteiger partial charge is 0.470 e. The van der Waals surface area contributed by atoms with Gasteiger partial charge in [0.15, 0.2) is 0 Å². The highest BCUT2D eigenvalue weighted by Gasteiger charge is 2.24. The number of morpholine rings is 1. The van der Waals surface area contributed by atoms with E-state index >= 15 is 0 Å². The summed E-state index contributed by atoms with van der Waals surface area (Å²) in [5.41, 5.74) is 4.23. The Balaban J connectivity index is 1.70. The van der Waals surface area contributed by atoms with Crippen molar-refractivity contribution in [3.63, 3.8) is 0 Å². The molecule has 6 nitrogen and oxygen atoms in total. The fourth-order valence-corrected chi connectivity index (χ4v) is 3.00. The van der Waals surface area contributed by atoms with Gasteiger partial charge in [-0.25, -0.2) is 4.98 Å². The summed E-state index contributed by atoms with van der Waals surface area (Å²) in [6.07, 6.45) is 3.91. The first-order valence-corrected chi connectivity index (χ1v) is 8.43. The molecule has 0 spiro atoms. The van der Waals surface area contributed by atoms with E-state index < -0.39 is 0 Å². The van der Waals surface area contributed by atoms with Gasteiger partial charge < -0.3 is 19.7 Å². The molecule has 2 aromatic heterocycles. The Kier molecular flexibility index (Phi) is 4.32. The molecule has 2 saturated heterocycles. The van der Waals surface area contributed by atoms with E-state index in [-0.39, 0.29) is 6.10 Å². The van der Waals surface area contributed by atoms with Crippen LogP contribution in [0.3, 0.4) is 0 Å². The maximum absolute atomic E-state index is 6.08. The van der Waals surface area contributed by atoms with Gasteiger partial charge in [-0.3, -0.25) is 4.98 Å². The van der Waals surface area contributed by atoms with Crippen LogP contribution in [-0.2, 0) is 4.74 Å². The van der Waals surface area contributed by atoms with E-state index in [0.29, 0.717) is 5.88 Å². The quantitative estimate of drug-likeness (QED) is 0.922. The second-order valence-electron chi connectivity index (χ2n) is 6.18. The Morgan fingerprint density at radius 3 is 2.79 bits per heavy atom. The number of aryl methyl sites for hydroxylation is 1. The maximum atomic E-state index is 6.08. The average molecular weight is 326 g/mol. The molecule has 0 unspecified atom stereocenters. The summed E-state index contributed by atoms with van der Waals surface area (Å²) in [5.74, 6) is 0.716. The van der Waals surface area contributed by atoms with Gasteiger partial charge in [0, 0.05) is 55.4 Å². The van der Waals surface area contributed by atoms with E-state index in [0.717, 1.165) is 61.9 Å². The molecule has 0 bridgehead atoms. The SMILES string of the molecule is Cc1ncccc1-c1cnc(OC2CNC2)c(N2CCOCC2)c1. The second-order valence-corrected chi connectivity index (χ2v) is 6.18. The predicted octanol–water partition coefficient (Wildman–Crippen LogP) is 1.64. The van der Waals surface area contributed by atoms with Crippen LogP contribution in [0.1, 0.15) is 5.69 Å². The molecule has 2 aromatic rings. The van der Waals surface area contributed by atoms with Gasteiger partial charge >= 0.3 is 0 Å². The van der Waals surface area contributed by atoms with Crippen molar-refractivity contribution in [2.75, 3.05) is 44.3 Å². The molecule has 6 heteroatoms. The Morgan fingerprint density at radius 2 is 2.08 bits per heavy atom. The van der Waals surface area contributed by atoms with Gasteiger partial charge in [-0.05, 0) is 19.1 Å². The highest BCUT2D eigenvalue weighted by molar-refractivity contribution is 5.71. The molecule has 24 heavy (non-hydrogen) atoms. The van der Waals surface area contributed by atoms with Crippen LogP contribution in [0.5, 0.6) is 5.88 Å². The number of nitrogens with one attached hydrogen (secondary N) is 1. The van der Waals surface area contributed by atoms with Crippen LogP contribution >= 0.6 is 0 Å². The Labute approximate surface area is 141 Å². The highest BCUT2D eigenvalue weighted by atomic mass is 16.5. The summed E-state index contributed by atoms with van der Waals surface area (Å²) in [6, 6.07) is 6.21. The van der Waals surface area contributed by atoms with Crippen LogP contribution < -0.4 is 15.0 Å². The molecule has 2 aliphatic rings. The van der Waals surface area contributed by atoms with Gasteiger partial charge in [-0.1, -0.05) is 6.07 Å². The number of aromatic nitrogens is 2. The molecule has 0 aromatic carbocycles. The van der Waals surface area contributed by atoms with Gasteiger partial charge in [0.2, 0.25) is 5.88 Å². The van der Waals surface area contributed by atoms with E-state index in [1.165, 1.54) is 0 Å². The lowest BCUT2D eigenvalue weighted by atomic mass is 10.1. The van der Waals surface area contributed by atoms with E-state index in [2.05, 4.69) is 32.3 Å². The molecule has 0 amide bonds. The Hall–Kier alpha value is -2.18. The zero-order valence-electron chi connectivity index (χ0n) is 13.9. The predicted molar refractivity (Wildman–Crippen MR) is 92.5 cm³/mol. The average Bonchev–Trinajstić information content (AvgIpc) is 2.59. The van der Waals surface area contributed by atoms with Crippen molar-refractivity contribution in [2.45, 2.75) is 13.0 Å². The molecule has 0 radical (unpaired) electrons. The summed E-state index contributed by atoms with van der Waals surface area (Å²) in [6.45, 7) is 6.98. The molecule has 0 aliphatic carbocycles. The standard InChI is InChI=1S/C18H22N4O2/c1-13-16(3-2-4-20-13)14-9-17(22-5-7-23-8-6-22)18(21-10-14)24-15-11-19-12-15/h2-4,9-10,15,19H,5-8,11-12H2,1H3. The fourth-order valence-electron chi connectivity index (χ4n) is 3.00. The topological polar surface area (TPSA) is 59.5 Å². The Morgan fingerprint density at radius 1 is 1.25 bits per heavy atom. The highest BCUT2D eigenvalue weighted by Crippen LogP contribution is 2.33. The number of hydrogen-bond donors (Lipinski definition) is 1. The molecule has 2 aliphatic heterocycles. The third-order valence-electron chi connectivity index (χ3n) is 4.52. The maximum Gasteiger partial charge on any atom is 0.237 e. The summed E-state index contributed by atoms with van der Waals surface area (Å²) >= 11 is 0. The van der Waals surface area contributed by atoms with Crippen LogP contribution in [0.4, 0.5) is 5.69 Å². The van der Waals surface area contributed by atoms with Crippen molar-refractivity contribution in [3.05, 3.63) is 36.3 Å². The van der Waals surface area contributed by atoms with E-state index in [1.807, 2.05) is 25.4 Å². The molecular formula is C18H22N4O2. The van der Waals surface area contributed by atoms with Gasteiger partial charge in [0.05, 0.1) is 13.2 Å². The van der Waals surface area contributed by atoms with Crippen molar-refractivity contribution in [1.29, 1.82) is 0 Å². The van der Waals surface area contributed by atoms with E-state index in [1.54, 1.807) is 0 Å². The van der Waals surface area contributed by atoms with Crippen molar-refractivity contribution in [1.82, 2.24) is 15.3 Å². The zero-order chi connectivity index (χ0) is 16.4. The number of nitrogens with zero attached hydrogens (tertiary/aromatic N) is 3. The van der Waals surface area contributed by atoms with Crippen LogP contribution in [0.25, 0.3) is 11.1 Å². The normalized spacial score (nSPS) is 18.3. The van der Waals surface area contributed by atoms with Gasteiger partial charge in [0.1, 0.15) is 11.8 Å². The monoisotopic (exact) mass is 326 g/mol. The molecule has 0 saturated carbocycles. The van der Waals surface area contributed by atoms with Crippen LogP contribution in [0.2, 0.25) is 0 Å². The molecular weight excluding hydrogens is 304 g/mol. The van der Waals surface area contributed by atoms with E-state index in [9.17, 15) is 0 Å². The van der Waals surface area contributed by atoms with Crippen molar-refractivity contribution in [3.8, 4) is 17.0 Å². The van der Waals surface area contributed by atoms with Crippen LogP contribution in [0.15, 0.2) is 30.6 Å². The first-order chi connectivity index (χ1) is 11.8. The van der Waals surface area contributed by atoms with Gasteiger partial charge in [0.25, 0.3) is 0 Å². The first-order valence-electron chi connectivity index (χ1n) is 8.43. The van der Waals surface area contributed by atoms with Crippen LogP contribution in [0, 0.1) is 6.92 Å². The zero-order valence-corrected chi connectivity index (χ0v) is 13.9. The number of pyridine rings is 2. The smallest absolute Gasteiger partial charge is 0.237 e. The first kappa shape index (κ1) is 15.4. The summed E-state index contributed by atoms with van der Waals surface area (Å²) in [7, 11) is 0. The summed E-state index contributed by atoms with van der Waals surface area (Å²) in [5, 5.41) is 3.23. The third kappa shape index (κ3) is 3.07. The number of hydrogen-bond acceptors (Lipinski definition) is 6. The number of ether oxygens (including phenoxy) is 2. The number of anilines is 1. The fraction of sp³-hybridized carbons (Fsp3) is 0.444.